The number of benzene rings is 2. The van der Waals surface area contributed by atoms with Crippen molar-refractivity contribution < 1.29 is 23.7 Å². The number of hydrogen-bond acceptors (Lipinski definition) is 6. The van der Waals surface area contributed by atoms with E-state index in [2.05, 4.69) is 18.7 Å². The molecule has 2 aromatic rings. The number of hydrogen-bond donors (Lipinski definition) is 0. The van der Waals surface area contributed by atoms with Crippen LogP contribution in [-0.2, 0) is 9.47 Å². The molecule has 1 saturated heterocycles. The molecular weight excluding hydrogens is 376 g/mol. The predicted octanol–water partition coefficient (Wildman–Crippen LogP) is 4.83. The fraction of sp³-hybridized carbons (Fsp3) is 0.364. The van der Waals surface area contributed by atoms with Crippen molar-refractivity contribution in [2.45, 2.75) is 31.3 Å². The molecule has 1 aliphatic heterocycles. The third kappa shape index (κ3) is 5.92. The fourth-order valence-corrected chi connectivity index (χ4v) is 3.51. The topological polar surface area (TPSA) is 46.2 Å². The van der Waals surface area contributed by atoms with E-state index >= 15 is 0 Å². The van der Waals surface area contributed by atoms with Gasteiger partial charge in [0.05, 0.1) is 7.11 Å². The van der Waals surface area contributed by atoms with Crippen LogP contribution in [0.4, 0.5) is 0 Å². The van der Waals surface area contributed by atoms with Gasteiger partial charge in [-0.3, -0.25) is 0 Å². The van der Waals surface area contributed by atoms with E-state index < -0.39 is 0 Å². The second-order valence-corrected chi connectivity index (χ2v) is 7.56. The van der Waals surface area contributed by atoms with Crippen molar-refractivity contribution in [3.63, 3.8) is 0 Å². The Hall–Kier alpha value is -2.15. The van der Waals surface area contributed by atoms with Gasteiger partial charge in [-0.15, -0.1) is 11.8 Å². The van der Waals surface area contributed by atoms with Gasteiger partial charge in [-0.1, -0.05) is 6.58 Å². The van der Waals surface area contributed by atoms with Crippen LogP contribution >= 0.6 is 11.8 Å². The second-order valence-electron chi connectivity index (χ2n) is 6.51. The van der Waals surface area contributed by atoms with Crippen LogP contribution in [0.3, 0.4) is 0 Å². The monoisotopic (exact) mass is 402 g/mol. The Labute approximate surface area is 170 Å². The van der Waals surface area contributed by atoms with Gasteiger partial charge in [0, 0.05) is 10.6 Å². The van der Waals surface area contributed by atoms with Gasteiger partial charge in [0.2, 0.25) is 0 Å². The van der Waals surface area contributed by atoms with E-state index in [0.717, 1.165) is 34.1 Å². The van der Waals surface area contributed by atoms with E-state index in [4.69, 9.17) is 23.7 Å². The lowest BCUT2D eigenvalue weighted by Gasteiger charge is -2.33. The van der Waals surface area contributed by atoms with Crippen LogP contribution in [0.25, 0.3) is 0 Å². The fourth-order valence-electron chi connectivity index (χ4n) is 2.63. The zero-order chi connectivity index (χ0) is 19.9. The summed E-state index contributed by atoms with van der Waals surface area (Å²) >= 11 is 1.73. The van der Waals surface area contributed by atoms with Gasteiger partial charge >= 0.3 is 0 Å². The molecule has 0 unspecified atom stereocenters. The molecule has 0 N–H and O–H groups in total. The highest BCUT2D eigenvalue weighted by atomic mass is 32.2. The summed E-state index contributed by atoms with van der Waals surface area (Å²) in [5, 5.41) is 0. The average Bonchev–Trinajstić information content (AvgIpc) is 2.68. The maximum Gasteiger partial charge on any atom is 0.197 e. The number of thioether (sulfide) groups is 1. The predicted molar refractivity (Wildman–Crippen MR) is 110 cm³/mol. The van der Waals surface area contributed by atoms with Crippen molar-refractivity contribution >= 4 is 11.8 Å². The Morgan fingerprint density at radius 3 is 2.43 bits per heavy atom. The first-order valence-electron chi connectivity index (χ1n) is 9.14. The van der Waals surface area contributed by atoms with E-state index in [-0.39, 0.29) is 12.6 Å². The number of ether oxygens (including phenoxy) is 5. The molecule has 0 aliphatic carbocycles. The molecule has 1 aliphatic rings. The molecule has 1 heterocycles. The van der Waals surface area contributed by atoms with Crippen molar-refractivity contribution in [2.24, 2.45) is 0 Å². The third-order valence-corrected chi connectivity index (χ3v) is 5.29. The Kier molecular flexibility index (Phi) is 7.25. The average molecular weight is 403 g/mol. The molecule has 0 amide bonds. The molecule has 150 valence electrons. The summed E-state index contributed by atoms with van der Waals surface area (Å²) in [6, 6.07) is 13.7. The molecule has 0 atom stereocenters. The smallest absolute Gasteiger partial charge is 0.197 e. The van der Waals surface area contributed by atoms with Crippen molar-refractivity contribution in [3.8, 4) is 17.2 Å². The zero-order valence-electron chi connectivity index (χ0n) is 16.5. The summed E-state index contributed by atoms with van der Waals surface area (Å²) in [4.78, 5) is 1.17. The van der Waals surface area contributed by atoms with E-state index in [1.807, 2.05) is 44.2 Å². The largest absolute Gasteiger partial charge is 0.497 e. The van der Waals surface area contributed by atoms with Crippen molar-refractivity contribution in [2.75, 3.05) is 26.1 Å². The Balaban J connectivity index is 1.40. The van der Waals surface area contributed by atoms with E-state index in [9.17, 15) is 0 Å². The van der Waals surface area contributed by atoms with Crippen LogP contribution in [0.1, 0.15) is 12.5 Å². The molecule has 2 aromatic carbocycles. The van der Waals surface area contributed by atoms with Crippen molar-refractivity contribution in [1.29, 1.82) is 0 Å². The molecule has 0 radical (unpaired) electrons. The molecular formula is C22H26O5S. The van der Waals surface area contributed by atoms with Crippen molar-refractivity contribution in [3.05, 3.63) is 60.2 Å². The van der Waals surface area contributed by atoms with Gasteiger partial charge in [-0.05, 0) is 67.4 Å². The van der Waals surface area contributed by atoms with Crippen molar-refractivity contribution in [1.82, 2.24) is 0 Å². The summed E-state index contributed by atoms with van der Waals surface area (Å²) in [5.74, 6) is 3.25. The minimum absolute atomic E-state index is 0.129. The Morgan fingerprint density at radius 1 is 1.07 bits per heavy atom. The Morgan fingerprint density at radius 2 is 1.79 bits per heavy atom. The standard InChI is InChI=1S/C22H26O5S/c1-15(12-24-19-7-5-18(23-4)6-8-19)14-28-20-9-10-21(16(2)11-20)25-13-22-26-17(3)27-22/h5-11,17,22H,1,12-14H2,2-4H3. The summed E-state index contributed by atoms with van der Waals surface area (Å²) < 4.78 is 27.4. The van der Waals surface area contributed by atoms with Gasteiger partial charge in [0.25, 0.3) is 0 Å². The molecule has 5 nitrogen and oxygen atoms in total. The molecule has 3 rings (SSSR count). The van der Waals surface area contributed by atoms with Gasteiger partial charge in [0.15, 0.2) is 12.6 Å². The van der Waals surface area contributed by atoms with Crippen LogP contribution in [-0.4, -0.2) is 38.7 Å². The first-order chi connectivity index (χ1) is 13.5. The number of methoxy groups -OCH3 is 1. The second kappa shape index (κ2) is 9.87. The van der Waals surface area contributed by atoms with Crippen LogP contribution < -0.4 is 14.2 Å². The number of rotatable bonds is 10. The van der Waals surface area contributed by atoms with Crippen LogP contribution in [0.15, 0.2) is 59.5 Å². The maximum absolute atomic E-state index is 5.77. The van der Waals surface area contributed by atoms with Gasteiger partial charge in [-0.2, -0.15) is 0 Å². The van der Waals surface area contributed by atoms with Crippen LogP contribution in [0, 0.1) is 6.92 Å². The Bertz CT molecular complexity index is 784. The molecule has 1 fully saturated rings. The molecule has 0 spiro atoms. The SMILES string of the molecule is C=C(COc1ccc(OC)cc1)CSc1ccc(OCC2OC(C)O2)c(C)c1. The summed E-state index contributed by atoms with van der Waals surface area (Å²) in [6.45, 7) is 8.89. The highest BCUT2D eigenvalue weighted by Gasteiger charge is 2.27. The molecule has 0 saturated carbocycles. The zero-order valence-corrected chi connectivity index (χ0v) is 17.3. The normalized spacial score (nSPS) is 18.2. The third-order valence-electron chi connectivity index (χ3n) is 4.15. The summed E-state index contributed by atoms with van der Waals surface area (Å²) in [7, 11) is 1.65. The number of aryl methyl sites for hydroxylation is 1. The van der Waals surface area contributed by atoms with E-state index in [1.54, 1.807) is 18.9 Å². The summed E-state index contributed by atoms with van der Waals surface area (Å²) in [5.41, 5.74) is 2.10. The van der Waals surface area contributed by atoms with Gasteiger partial charge in [0.1, 0.15) is 30.5 Å². The lowest BCUT2D eigenvalue weighted by molar-refractivity contribution is -0.380. The van der Waals surface area contributed by atoms with E-state index in [1.165, 1.54) is 4.90 Å². The molecule has 6 heteroatoms. The molecule has 28 heavy (non-hydrogen) atoms. The first-order valence-corrected chi connectivity index (χ1v) is 10.1. The van der Waals surface area contributed by atoms with Gasteiger partial charge in [-0.25, -0.2) is 0 Å². The van der Waals surface area contributed by atoms with Gasteiger partial charge < -0.3 is 23.7 Å². The quantitative estimate of drug-likeness (QED) is 0.419. The molecule has 0 bridgehead atoms. The maximum atomic E-state index is 5.77. The minimum atomic E-state index is -0.266. The first kappa shape index (κ1) is 20.6. The van der Waals surface area contributed by atoms with E-state index in [0.29, 0.717) is 13.2 Å². The van der Waals surface area contributed by atoms with Crippen LogP contribution in [0.2, 0.25) is 0 Å². The lowest BCUT2D eigenvalue weighted by atomic mass is 10.2. The highest BCUT2D eigenvalue weighted by Crippen LogP contribution is 2.28. The molecule has 0 aromatic heterocycles. The minimum Gasteiger partial charge on any atom is -0.497 e. The highest BCUT2D eigenvalue weighted by molar-refractivity contribution is 7.99. The van der Waals surface area contributed by atoms with Crippen LogP contribution in [0.5, 0.6) is 17.2 Å². The lowest BCUT2D eigenvalue weighted by Crippen LogP contribution is -2.42. The summed E-state index contributed by atoms with van der Waals surface area (Å²) in [6.07, 6.45) is -0.396.